The first-order valence-electron chi connectivity index (χ1n) is 6.01. The molecule has 0 amide bonds. The molecule has 1 aliphatic rings. The van der Waals surface area contributed by atoms with E-state index in [4.69, 9.17) is 39.2 Å². The van der Waals surface area contributed by atoms with E-state index in [-0.39, 0.29) is 5.92 Å². The molecule has 2 unspecified atom stereocenters. The lowest BCUT2D eigenvalue weighted by Gasteiger charge is -2.34. The van der Waals surface area contributed by atoms with Gasteiger partial charge in [0.1, 0.15) is 11.1 Å². The van der Waals surface area contributed by atoms with Crippen LogP contribution in [0.1, 0.15) is 17.4 Å². The maximum Gasteiger partial charge on any atom is 0.203 e. The van der Waals surface area contributed by atoms with Crippen molar-refractivity contribution in [2.75, 3.05) is 0 Å². The molecule has 102 valence electrons. The second kappa shape index (κ2) is 5.28. The fourth-order valence-corrected chi connectivity index (χ4v) is 3.08. The predicted molar refractivity (Wildman–Crippen MR) is 81.3 cm³/mol. The van der Waals surface area contributed by atoms with Gasteiger partial charge in [-0.1, -0.05) is 47.5 Å². The Labute approximate surface area is 131 Å². The van der Waals surface area contributed by atoms with Crippen LogP contribution in [0.15, 0.2) is 64.4 Å². The summed E-state index contributed by atoms with van der Waals surface area (Å²) in [6.07, 6.45) is 8.68. The van der Waals surface area contributed by atoms with Gasteiger partial charge < -0.3 is 4.42 Å². The highest BCUT2D eigenvalue weighted by molar-refractivity contribution is 6.40. The molecule has 3 rings (SSSR count). The minimum absolute atomic E-state index is 0.280. The molecule has 0 saturated carbocycles. The molecule has 0 fully saturated rings. The summed E-state index contributed by atoms with van der Waals surface area (Å²) >= 11 is 19.2. The van der Waals surface area contributed by atoms with Crippen molar-refractivity contribution in [1.29, 1.82) is 0 Å². The molecule has 0 bridgehead atoms. The van der Waals surface area contributed by atoms with Gasteiger partial charge in [-0.15, -0.1) is 11.6 Å². The average Bonchev–Trinajstić information content (AvgIpc) is 2.96. The number of oxazole rings is 1. The minimum atomic E-state index is -0.939. The summed E-state index contributed by atoms with van der Waals surface area (Å²) in [6, 6.07) is 7.30. The van der Waals surface area contributed by atoms with Gasteiger partial charge in [0.2, 0.25) is 5.89 Å². The summed E-state index contributed by atoms with van der Waals surface area (Å²) < 4.78 is 5.40. The number of hydrogen-bond donors (Lipinski definition) is 0. The normalized spacial score (nSPS) is 25.6. The quantitative estimate of drug-likeness (QED) is 0.705. The van der Waals surface area contributed by atoms with Crippen LogP contribution < -0.4 is 0 Å². The predicted octanol–water partition coefficient (Wildman–Crippen LogP) is 5.24. The van der Waals surface area contributed by atoms with Gasteiger partial charge in [0.15, 0.2) is 0 Å². The third-order valence-electron chi connectivity index (χ3n) is 3.30. The summed E-state index contributed by atoms with van der Waals surface area (Å²) in [5.41, 5.74) is 0.845. The zero-order valence-corrected chi connectivity index (χ0v) is 12.5. The first-order chi connectivity index (χ1) is 9.62. The van der Waals surface area contributed by atoms with Crippen LogP contribution in [0.3, 0.4) is 0 Å². The standard InChI is InChI=1S/C15H10Cl3NO/c16-11-6-4-10(5-7-11)15(18)12(2-1-3-13(15)17)14-19-8-9-20-14/h1-9,12H. The van der Waals surface area contributed by atoms with E-state index in [1.807, 2.05) is 24.3 Å². The van der Waals surface area contributed by atoms with Crippen LogP contribution in [0.2, 0.25) is 5.02 Å². The zero-order chi connectivity index (χ0) is 14.2. The molecule has 0 spiro atoms. The smallest absolute Gasteiger partial charge is 0.203 e. The molecular formula is C15H10Cl3NO. The van der Waals surface area contributed by atoms with E-state index >= 15 is 0 Å². The van der Waals surface area contributed by atoms with Crippen molar-refractivity contribution in [2.24, 2.45) is 0 Å². The molecule has 2 aromatic rings. The number of alkyl halides is 1. The molecule has 20 heavy (non-hydrogen) atoms. The molecule has 1 aliphatic carbocycles. The highest BCUT2D eigenvalue weighted by Gasteiger charge is 2.44. The van der Waals surface area contributed by atoms with Crippen LogP contribution in [0.5, 0.6) is 0 Å². The van der Waals surface area contributed by atoms with E-state index in [0.29, 0.717) is 15.9 Å². The van der Waals surface area contributed by atoms with Gasteiger partial charge in [0.25, 0.3) is 0 Å². The summed E-state index contributed by atoms with van der Waals surface area (Å²) in [6.45, 7) is 0. The number of halogens is 3. The monoisotopic (exact) mass is 325 g/mol. The van der Waals surface area contributed by atoms with Crippen LogP contribution in [0.4, 0.5) is 0 Å². The highest BCUT2D eigenvalue weighted by Crippen LogP contribution is 2.52. The fraction of sp³-hybridized carbons (Fsp3) is 0.133. The van der Waals surface area contributed by atoms with Crippen molar-refractivity contribution in [1.82, 2.24) is 4.98 Å². The summed E-state index contributed by atoms with van der Waals surface area (Å²) in [5.74, 6) is 0.246. The molecule has 0 saturated heterocycles. The largest absolute Gasteiger partial charge is 0.448 e. The van der Waals surface area contributed by atoms with Crippen LogP contribution in [-0.4, -0.2) is 4.98 Å². The molecule has 2 atom stereocenters. The number of rotatable bonds is 2. The topological polar surface area (TPSA) is 26.0 Å². The molecule has 2 nitrogen and oxygen atoms in total. The Kier molecular flexibility index (Phi) is 3.63. The Hall–Kier alpha value is -1.22. The maximum absolute atomic E-state index is 6.87. The van der Waals surface area contributed by atoms with E-state index in [1.165, 1.54) is 6.26 Å². The van der Waals surface area contributed by atoms with Crippen LogP contribution in [0, 0.1) is 0 Å². The Balaban J connectivity index is 2.13. The SMILES string of the molecule is ClC1=CC=CC(c2ncco2)C1(Cl)c1ccc(Cl)cc1. The maximum atomic E-state index is 6.87. The van der Waals surface area contributed by atoms with Gasteiger partial charge in [0.05, 0.1) is 12.1 Å². The van der Waals surface area contributed by atoms with E-state index < -0.39 is 4.87 Å². The third kappa shape index (κ3) is 2.18. The molecule has 1 heterocycles. The molecule has 0 N–H and O–H groups in total. The molecule has 0 aliphatic heterocycles. The second-order valence-electron chi connectivity index (χ2n) is 4.47. The third-order valence-corrected chi connectivity index (χ3v) is 4.73. The van der Waals surface area contributed by atoms with Gasteiger partial charge in [-0.05, 0) is 23.8 Å². The molecular weight excluding hydrogens is 317 g/mol. The number of aromatic nitrogens is 1. The lowest BCUT2D eigenvalue weighted by molar-refractivity contribution is 0.442. The zero-order valence-electron chi connectivity index (χ0n) is 10.3. The Morgan fingerprint density at radius 1 is 1.15 bits per heavy atom. The summed E-state index contributed by atoms with van der Waals surface area (Å²) in [4.78, 5) is 3.26. The van der Waals surface area contributed by atoms with E-state index in [9.17, 15) is 0 Å². The summed E-state index contributed by atoms with van der Waals surface area (Å²) in [5, 5.41) is 1.17. The van der Waals surface area contributed by atoms with E-state index in [0.717, 1.165) is 5.56 Å². The van der Waals surface area contributed by atoms with Gasteiger partial charge in [-0.2, -0.15) is 0 Å². The van der Waals surface area contributed by atoms with Crippen molar-refractivity contribution in [2.45, 2.75) is 10.8 Å². The van der Waals surface area contributed by atoms with Crippen molar-refractivity contribution < 1.29 is 4.42 Å². The number of hydrogen-bond acceptors (Lipinski definition) is 2. The number of benzene rings is 1. The van der Waals surface area contributed by atoms with Crippen LogP contribution in [-0.2, 0) is 4.87 Å². The van der Waals surface area contributed by atoms with E-state index in [1.54, 1.807) is 24.4 Å². The van der Waals surface area contributed by atoms with Crippen molar-refractivity contribution >= 4 is 34.8 Å². The van der Waals surface area contributed by atoms with Gasteiger partial charge in [0, 0.05) is 10.1 Å². The highest BCUT2D eigenvalue weighted by atomic mass is 35.5. The molecule has 5 heteroatoms. The molecule has 1 aromatic heterocycles. The number of allylic oxidation sites excluding steroid dienone is 4. The Morgan fingerprint density at radius 3 is 2.55 bits per heavy atom. The van der Waals surface area contributed by atoms with Crippen molar-refractivity contribution in [3.63, 3.8) is 0 Å². The van der Waals surface area contributed by atoms with Crippen LogP contribution >= 0.6 is 34.8 Å². The molecule has 1 aromatic carbocycles. The summed E-state index contributed by atoms with van der Waals surface area (Å²) in [7, 11) is 0. The van der Waals surface area contributed by atoms with Gasteiger partial charge >= 0.3 is 0 Å². The van der Waals surface area contributed by atoms with Gasteiger partial charge in [-0.3, -0.25) is 0 Å². The number of nitrogens with zero attached hydrogens (tertiary/aromatic N) is 1. The van der Waals surface area contributed by atoms with E-state index in [2.05, 4.69) is 4.98 Å². The van der Waals surface area contributed by atoms with Crippen molar-refractivity contribution in [3.05, 3.63) is 76.5 Å². The van der Waals surface area contributed by atoms with Gasteiger partial charge in [-0.25, -0.2) is 4.98 Å². The lowest BCUT2D eigenvalue weighted by Crippen LogP contribution is -2.29. The minimum Gasteiger partial charge on any atom is -0.448 e. The molecule has 0 radical (unpaired) electrons. The lowest BCUT2D eigenvalue weighted by atomic mass is 9.81. The second-order valence-corrected chi connectivity index (χ2v) is 5.91. The van der Waals surface area contributed by atoms with Crippen molar-refractivity contribution in [3.8, 4) is 0 Å². The fourth-order valence-electron chi connectivity index (χ4n) is 2.30. The first-order valence-corrected chi connectivity index (χ1v) is 7.14. The Bertz CT molecular complexity index is 661. The average molecular weight is 327 g/mol. The Morgan fingerprint density at radius 2 is 1.90 bits per heavy atom. The first kappa shape index (κ1) is 13.7. The van der Waals surface area contributed by atoms with Crippen LogP contribution in [0.25, 0.3) is 0 Å².